The number of piperazine rings is 1. The molecular weight excluding hydrogens is 541 g/mol. The van der Waals surface area contributed by atoms with Crippen LogP contribution in [0.3, 0.4) is 0 Å². The van der Waals surface area contributed by atoms with Gasteiger partial charge in [-0.3, -0.25) is 19.5 Å². The second-order valence-corrected chi connectivity index (χ2v) is 9.75. The van der Waals surface area contributed by atoms with E-state index in [1.54, 1.807) is 53.6 Å². The zero-order chi connectivity index (χ0) is 29.2. The summed E-state index contributed by atoms with van der Waals surface area (Å²) in [6, 6.07) is 14.4. The van der Waals surface area contributed by atoms with Crippen molar-refractivity contribution in [3.05, 3.63) is 90.3 Å². The van der Waals surface area contributed by atoms with E-state index in [0.29, 0.717) is 60.2 Å². The molecule has 42 heavy (non-hydrogen) atoms. The van der Waals surface area contributed by atoms with Crippen molar-refractivity contribution in [2.24, 2.45) is 0 Å². The molecule has 1 atom stereocenters. The zero-order valence-corrected chi connectivity index (χ0v) is 22.6. The average molecular weight is 568 g/mol. The Kier molecular flexibility index (Phi) is 7.23. The van der Waals surface area contributed by atoms with E-state index in [1.807, 2.05) is 0 Å². The van der Waals surface area contributed by atoms with Gasteiger partial charge in [0.25, 0.3) is 5.91 Å². The van der Waals surface area contributed by atoms with Gasteiger partial charge in [-0.1, -0.05) is 18.7 Å². The molecule has 0 spiro atoms. The number of nitrogens with one attached hydrogen (secondary N) is 1. The number of amides is 2. The van der Waals surface area contributed by atoms with Crippen LogP contribution in [0.1, 0.15) is 34.8 Å². The lowest BCUT2D eigenvalue weighted by atomic mass is 10.0. The molecule has 1 fully saturated rings. The van der Waals surface area contributed by atoms with Crippen molar-refractivity contribution in [1.29, 1.82) is 0 Å². The minimum absolute atomic E-state index is 0.181. The highest BCUT2D eigenvalue weighted by Crippen LogP contribution is 2.29. The summed E-state index contributed by atoms with van der Waals surface area (Å²) in [5, 5.41) is 15.3. The van der Waals surface area contributed by atoms with Crippen LogP contribution >= 0.6 is 0 Å². The summed E-state index contributed by atoms with van der Waals surface area (Å²) in [6.45, 7) is 7.03. The van der Waals surface area contributed by atoms with E-state index in [4.69, 9.17) is 4.42 Å². The minimum Gasteiger partial charge on any atom is -0.436 e. The molecule has 0 bridgehead atoms. The Morgan fingerprint density at radius 3 is 2.57 bits per heavy atom. The van der Waals surface area contributed by atoms with Gasteiger partial charge in [0.15, 0.2) is 11.4 Å². The predicted molar refractivity (Wildman–Crippen MR) is 151 cm³/mol. The van der Waals surface area contributed by atoms with E-state index in [2.05, 4.69) is 42.2 Å². The molecule has 212 valence electrons. The lowest BCUT2D eigenvalue weighted by molar-refractivity contribution is -0.114. The molecule has 0 radical (unpaired) electrons. The smallest absolute Gasteiger partial charge is 0.272 e. The molecule has 0 saturated carbocycles. The summed E-state index contributed by atoms with van der Waals surface area (Å²) in [5.41, 5.74) is 3.44. The maximum absolute atomic E-state index is 13.7. The van der Waals surface area contributed by atoms with Crippen LogP contribution < -0.4 is 5.32 Å². The van der Waals surface area contributed by atoms with Gasteiger partial charge in [-0.2, -0.15) is 0 Å². The number of carbonyl (C=O) groups excluding carboxylic acids is 2. The summed E-state index contributed by atoms with van der Waals surface area (Å²) in [7, 11) is 0. The Morgan fingerprint density at radius 2 is 1.86 bits per heavy atom. The SMILES string of the molecule is C=Cn1nnc([C@@H](c2ccc(F)cc2)N2CCN(C(=O)c3cc(-c4nc5cc(NC(C)=O)ccc5o4)ccn3)CC2)n1. The first kappa shape index (κ1) is 26.9. The van der Waals surface area contributed by atoms with Crippen molar-refractivity contribution in [1.82, 2.24) is 40.0 Å². The molecule has 13 heteroatoms. The average Bonchev–Trinajstić information content (AvgIpc) is 3.65. The molecule has 2 aromatic carbocycles. The third-order valence-corrected chi connectivity index (χ3v) is 6.94. The van der Waals surface area contributed by atoms with Crippen LogP contribution in [0.15, 0.2) is 71.8 Å². The first-order valence-corrected chi connectivity index (χ1v) is 13.2. The number of aromatic nitrogens is 6. The number of pyridine rings is 1. The number of oxazole rings is 1. The Morgan fingerprint density at radius 1 is 1.07 bits per heavy atom. The monoisotopic (exact) mass is 567 g/mol. The molecule has 12 nitrogen and oxygen atoms in total. The Balaban J connectivity index is 1.18. The number of halogens is 1. The lowest BCUT2D eigenvalue weighted by Gasteiger charge is -2.38. The number of anilines is 1. The molecule has 3 aromatic heterocycles. The highest BCUT2D eigenvalue weighted by Gasteiger charge is 2.31. The van der Waals surface area contributed by atoms with E-state index in [-0.39, 0.29) is 29.4 Å². The fourth-order valence-corrected chi connectivity index (χ4v) is 4.95. The fourth-order valence-electron chi connectivity index (χ4n) is 4.95. The molecule has 1 aliphatic rings. The number of benzene rings is 2. The van der Waals surface area contributed by atoms with E-state index in [9.17, 15) is 14.0 Å². The summed E-state index contributed by atoms with van der Waals surface area (Å²) >= 11 is 0. The molecule has 1 aliphatic heterocycles. The van der Waals surface area contributed by atoms with Crippen molar-refractivity contribution in [3.63, 3.8) is 0 Å². The van der Waals surface area contributed by atoms with Gasteiger partial charge in [0.2, 0.25) is 11.8 Å². The largest absolute Gasteiger partial charge is 0.436 e. The van der Waals surface area contributed by atoms with E-state index in [1.165, 1.54) is 30.1 Å². The van der Waals surface area contributed by atoms with Crippen LogP contribution in [-0.2, 0) is 4.79 Å². The van der Waals surface area contributed by atoms with E-state index < -0.39 is 0 Å². The van der Waals surface area contributed by atoms with E-state index in [0.717, 1.165) is 5.56 Å². The third-order valence-electron chi connectivity index (χ3n) is 6.94. The normalized spacial score (nSPS) is 14.6. The van der Waals surface area contributed by atoms with Crippen LogP contribution in [-0.4, -0.2) is 78.0 Å². The Labute approximate surface area is 239 Å². The van der Waals surface area contributed by atoms with Crippen LogP contribution in [0.2, 0.25) is 0 Å². The number of rotatable bonds is 7. The molecule has 4 heterocycles. The molecule has 5 aromatic rings. The molecule has 0 unspecified atom stereocenters. The van der Waals surface area contributed by atoms with Gasteiger partial charge in [0.05, 0.1) is 6.04 Å². The highest BCUT2D eigenvalue weighted by molar-refractivity contribution is 5.94. The lowest BCUT2D eigenvalue weighted by Crippen LogP contribution is -2.50. The highest BCUT2D eigenvalue weighted by atomic mass is 19.1. The van der Waals surface area contributed by atoms with Crippen LogP contribution in [0.4, 0.5) is 10.1 Å². The van der Waals surface area contributed by atoms with E-state index >= 15 is 0 Å². The van der Waals surface area contributed by atoms with Gasteiger partial charge >= 0.3 is 0 Å². The summed E-state index contributed by atoms with van der Waals surface area (Å²) in [4.78, 5) is 38.9. The van der Waals surface area contributed by atoms with Crippen LogP contribution in [0, 0.1) is 5.82 Å². The Hall–Kier alpha value is -5.30. The number of fused-ring (bicyclic) bond motifs is 1. The maximum Gasteiger partial charge on any atom is 0.272 e. The standard InChI is InChI=1S/C29H26FN9O3/c1-3-39-35-27(34-36-39)26(19-4-6-21(30)7-5-19)37-12-14-38(15-13-37)29(41)24-16-20(10-11-31-24)28-33-23-17-22(32-18(2)40)8-9-25(23)42-28/h3-11,16-17,26H,1,12-15H2,2H3,(H,32,40)/t26-/m1/s1. The predicted octanol–water partition coefficient (Wildman–Crippen LogP) is 3.62. The van der Waals surface area contributed by atoms with Gasteiger partial charge < -0.3 is 14.6 Å². The molecule has 1 saturated heterocycles. The van der Waals surface area contributed by atoms with Gasteiger partial charge in [-0.05, 0) is 53.2 Å². The number of tetrazole rings is 1. The van der Waals surface area contributed by atoms with Crippen molar-refractivity contribution in [3.8, 4) is 11.5 Å². The molecular formula is C29H26FN9O3. The van der Waals surface area contributed by atoms with Crippen LogP contribution in [0.5, 0.6) is 0 Å². The summed E-state index contributed by atoms with van der Waals surface area (Å²) < 4.78 is 19.6. The van der Waals surface area contributed by atoms with Gasteiger partial charge in [-0.15, -0.1) is 15.0 Å². The van der Waals surface area contributed by atoms with Crippen LogP contribution in [0.25, 0.3) is 28.8 Å². The van der Waals surface area contributed by atoms with Crippen molar-refractivity contribution in [2.75, 3.05) is 31.5 Å². The fraction of sp³-hybridized carbons (Fsp3) is 0.207. The quantitative estimate of drug-likeness (QED) is 0.313. The topological polar surface area (TPSA) is 135 Å². The molecule has 2 amide bonds. The second kappa shape index (κ2) is 11.3. The minimum atomic E-state index is -0.372. The first-order valence-electron chi connectivity index (χ1n) is 13.2. The molecule has 1 N–H and O–H groups in total. The number of hydrogen-bond donors (Lipinski definition) is 1. The molecule has 6 rings (SSSR count). The maximum atomic E-state index is 13.7. The second-order valence-electron chi connectivity index (χ2n) is 9.75. The zero-order valence-electron chi connectivity index (χ0n) is 22.6. The van der Waals surface area contributed by atoms with Crippen molar-refractivity contribution < 1.29 is 18.4 Å². The molecule has 0 aliphatic carbocycles. The number of carbonyl (C=O) groups is 2. The Bertz CT molecular complexity index is 1770. The summed E-state index contributed by atoms with van der Waals surface area (Å²) in [5.74, 6) is 0.0681. The van der Waals surface area contributed by atoms with Gasteiger partial charge in [0.1, 0.15) is 17.0 Å². The van der Waals surface area contributed by atoms with Crippen molar-refractivity contribution >= 4 is 34.8 Å². The first-order chi connectivity index (χ1) is 20.4. The number of hydrogen-bond acceptors (Lipinski definition) is 9. The van der Waals surface area contributed by atoms with Gasteiger partial charge in [-0.25, -0.2) is 9.37 Å². The van der Waals surface area contributed by atoms with Crippen molar-refractivity contribution in [2.45, 2.75) is 13.0 Å². The van der Waals surface area contributed by atoms with Gasteiger partial charge in [0, 0.05) is 56.8 Å². The summed E-state index contributed by atoms with van der Waals surface area (Å²) in [6.07, 6.45) is 3.00. The number of nitrogens with zero attached hydrogens (tertiary/aromatic N) is 8. The third kappa shape index (κ3) is 5.49.